The van der Waals surface area contributed by atoms with Crippen LogP contribution in [0.2, 0.25) is 5.02 Å². The second kappa shape index (κ2) is 8.65. The number of amides is 1. The lowest BCUT2D eigenvalue weighted by Gasteiger charge is -2.07. The van der Waals surface area contributed by atoms with Gasteiger partial charge in [0, 0.05) is 15.6 Å². The zero-order chi connectivity index (χ0) is 20.4. The van der Waals surface area contributed by atoms with Crippen LogP contribution >= 0.6 is 45.5 Å². The molecule has 1 heterocycles. The molecule has 0 N–H and O–H groups in total. The molecule has 0 bridgehead atoms. The normalized spacial score (nSPS) is 11.6. The summed E-state index contributed by atoms with van der Waals surface area (Å²) in [4.78, 5) is 19.0. The number of benzene rings is 3. The van der Waals surface area contributed by atoms with Crippen LogP contribution in [0.25, 0.3) is 21.7 Å². The minimum Gasteiger partial charge on any atom is -0.319 e. The molecule has 1 amide bonds. The van der Waals surface area contributed by atoms with Crippen molar-refractivity contribution >= 4 is 51.4 Å². The van der Waals surface area contributed by atoms with Gasteiger partial charge in [-0.25, -0.2) is 0 Å². The van der Waals surface area contributed by atoms with Crippen molar-refractivity contribution < 1.29 is 4.79 Å². The Morgan fingerprint density at radius 3 is 2.28 bits per heavy atom. The average Bonchev–Trinajstić information content (AvgIpc) is 3.06. The van der Waals surface area contributed by atoms with Gasteiger partial charge >= 0.3 is 0 Å². The largest absolute Gasteiger partial charge is 0.319 e. The van der Waals surface area contributed by atoms with E-state index >= 15 is 0 Å². The van der Waals surface area contributed by atoms with E-state index in [0.29, 0.717) is 15.4 Å². The summed E-state index contributed by atoms with van der Waals surface area (Å²) in [7, 11) is 1.94. The zero-order valence-electron chi connectivity index (χ0n) is 15.5. The number of thiazole rings is 1. The van der Waals surface area contributed by atoms with Crippen molar-refractivity contribution in [2.45, 2.75) is 0 Å². The van der Waals surface area contributed by atoms with Crippen LogP contribution < -0.4 is 4.80 Å². The second-order valence-corrected chi connectivity index (χ2v) is 8.97. The van der Waals surface area contributed by atoms with E-state index in [0.717, 1.165) is 25.3 Å². The van der Waals surface area contributed by atoms with E-state index < -0.39 is 0 Å². The van der Waals surface area contributed by atoms with Gasteiger partial charge in [0.2, 0.25) is 0 Å². The number of carbonyl (C=O) groups excluding carboxylic acids is 1. The van der Waals surface area contributed by atoms with Gasteiger partial charge in [0.25, 0.3) is 5.91 Å². The molecule has 0 radical (unpaired) electrons. The van der Waals surface area contributed by atoms with Crippen molar-refractivity contribution in [2.24, 2.45) is 12.0 Å². The van der Waals surface area contributed by atoms with Crippen LogP contribution in [0.4, 0.5) is 0 Å². The third-order valence-electron chi connectivity index (χ3n) is 4.49. The number of nitrogens with zero attached hydrogens (tertiary/aromatic N) is 2. The molecule has 144 valence electrons. The highest BCUT2D eigenvalue weighted by Gasteiger charge is 2.16. The lowest BCUT2D eigenvalue weighted by molar-refractivity contribution is 0.0997. The standard InChI is InChI=1S/C23H16ClIN2OS/c1-27-20(15-11-13-17(24)14-12-15)21(16-7-3-2-4-8-16)29-23(27)26-22(28)18-9-5-6-10-19(18)25/h2-14H,1H3. The molecule has 3 aromatic carbocycles. The van der Waals surface area contributed by atoms with Gasteiger partial charge < -0.3 is 4.57 Å². The highest BCUT2D eigenvalue weighted by molar-refractivity contribution is 14.1. The fourth-order valence-corrected chi connectivity index (χ4v) is 4.94. The van der Waals surface area contributed by atoms with E-state index in [-0.39, 0.29) is 5.91 Å². The van der Waals surface area contributed by atoms with Crippen molar-refractivity contribution in [3.8, 4) is 21.7 Å². The lowest BCUT2D eigenvalue weighted by Crippen LogP contribution is -2.14. The summed E-state index contributed by atoms with van der Waals surface area (Å²) < 4.78 is 2.86. The van der Waals surface area contributed by atoms with E-state index in [1.165, 1.54) is 11.3 Å². The second-order valence-electron chi connectivity index (χ2n) is 6.39. The molecule has 6 heteroatoms. The number of aromatic nitrogens is 1. The molecule has 1 aromatic heterocycles. The van der Waals surface area contributed by atoms with E-state index in [4.69, 9.17) is 11.6 Å². The number of hydrogen-bond acceptors (Lipinski definition) is 2. The predicted octanol–water partition coefficient (Wildman–Crippen LogP) is 6.42. The summed E-state index contributed by atoms with van der Waals surface area (Å²) in [6.45, 7) is 0. The molecule has 0 saturated carbocycles. The smallest absolute Gasteiger partial charge is 0.280 e. The molecule has 29 heavy (non-hydrogen) atoms. The molecular formula is C23H16ClIN2OS. The lowest BCUT2D eigenvalue weighted by atomic mass is 10.1. The van der Waals surface area contributed by atoms with Gasteiger partial charge in [0.1, 0.15) is 0 Å². The maximum Gasteiger partial charge on any atom is 0.280 e. The van der Waals surface area contributed by atoms with E-state index in [2.05, 4.69) is 39.7 Å². The first kappa shape index (κ1) is 20.1. The third-order valence-corrected chi connectivity index (χ3v) is 6.86. The number of carbonyl (C=O) groups is 1. The molecule has 4 aromatic rings. The van der Waals surface area contributed by atoms with Crippen molar-refractivity contribution in [3.05, 3.63) is 97.8 Å². The average molecular weight is 531 g/mol. The number of rotatable bonds is 3. The fraction of sp³-hybridized carbons (Fsp3) is 0.0435. The SMILES string of the molecule is Cn1c(-c2ccc(Cl)cc2)c(-c2ccccc2)sc1=NC(=O)c1ccccc1I. The maximum atomic E-state index is 12.8. The van der Waals surface area contributed by atoms with Gasteiger partial charge in [-0.05, 0) is 58.0 Å². The molecule has 0 aliphatic heterocycles. The summed E-state index contributed by atoms with van der Waals surface area (Å²) in [5, 5.41) is 0.687. The van der Waals surface area contributed by atoms with Crippen molar-refractivity contribution in [2.75, 3.05) is 0 Å². The van der Waals surface area contributed by atoms with Gasteiger partial charge in [0.15, 0.2) is 4.80 Å². The molecule has 0 aliphatic carbocycles. The van der Waals surface area contributed by atoms with Crippen molar-refractivity contribution in [3.63, 3.8) is 0 Å². The Morgan fingerprint density at radius 2 is 1.59 bits per heavy atom. The van der Waals surface area contributed by atoms with Crippen LogP contribution in [-0.2, 0) is 7.05 Å². The topological polar surface area (TPSA) is 34.4 Å². The van der Waals surface area contributed by atoms with Gasteiger partial charge in [-0.15, -0.1) is 0 Å². The van der Waals surface area contributed by atoms with E-state index in [9.17, 15) is 4.79 Å². The van der Waals surface area contributed by atoms with Crippen LogP contribution in [0.1, 0.15) is 10.4 Å². The Hall–Kier alpha value is -2.22. The van der Waals surface area contributed by atoms with E-state index in [1.807, 2.05) is 72.3 Å². The first-order valence-electron chi connectivity index (χ1n) is 8.89. The summed E-state index contributed by atoms with van der Waals surface area (Å²) in [6, 6.07) is 25.3. The Morgan fingerprint density at radius 1 is 0.931 bits per heavy atom. The first-order chi connectivity index (χ1) is 14.0. The summed E-state index contributed by atoms with van der Waals surface area (Å²) in [5.74, 6) is -0.242. The Bertz CT molecular complexity index is 1240. The van der Waals surface area contributed by atoms with Gasteiger partial charge in [0.05, 0.1) is 16.1 Å². The van der Waals surface area contributed by atoms with Gasteiger partial charge in [-0.3, -0.25) is 4.79 Å². The molecule has 0 fully saturated rings. The minimum atomic E-state index is -0.242. The highest BCUT2D eigenvalue weighted by Crippen LogP contribution is 2.34. The molecule has 0 saturated heterocycles. The Balaban J connectivity index is 1.92. The van der Waals surface area contributed by atoms with Crippen molar-refractivity contribution in [1.82, 2.24) is 4.57 Å². The molecule has 0 atom stereocenters. The Labute approximate surface area is 191 Å². The summed E-state index contributed by atoms with van der Waals surface area (Å²) in [6.07, 6.45) is 0. The van der Waals surface area contributed by atoms with E-state index in [1.54, 1.807) is 6.07 Å². The van der Waals surface area contributed by atoms with Crippen LogP contribution in [-0.4, -0.2) is 10.5 Å². The Kier molecular flexibility index (Phi) is 5.99. The van der Waals surface area contributed by atoms with Crippen LogP contribution in [0.5, 0.6) is 0 Å². The number of hydrogen-bond donors (Lipinski definition) is 0. The van der Waals surface area contributed by atoms with Crippen LogP contribution in [0, 0.1) is 3.57 Å². The summed E-state index contributed by atoms with van der Waals surface area (Å²) in [5.41, 5.74) is 3.72. The van der Waals surface area contributed by atoms with Crippen LogP contribution in [0.15, 0.2) is 83.9 Å². The quantitative estimate of drug-likeness (QED) is 0.282. The van der Waals surface area contributed by atoms with Crippen LogP contribution in [0.3, 0.4) is 0 Å². The molecule has 0 aliphatic rings. The van der Waals surface area contributed by atoms with Crippen molar-refractivity contribution in [1.29, 1.82) is 0 Å². The maximum absolute atomic E-state index is 12.8. The molecule has 0 spiro atoms. The highest BCUT2D eigenvalue weighted by atomic mass is 127. The fourth-order valence-electron chi connectivity index (χ4n) is 3.05. The van der Waals surface area contributed by atoms with Gasteiger partial charge in [-0.1, -0.05) is 77.5 Å². The minimum absolute atomic E-state index is 0.242. The zero-order valence-corrected chi connectivity index (χ0v) is 19.2. The predicted molar refractivity (Wildman–Crippen MR) is 128 cm³/mol. The molecule has 0 unspecified atom stereocenters. The molecule has 3 nitrogen and oxygen atoms in total. The first-order valence-corrected chi connectivity index (χ1v) is 11.2. The monoisotopic (exact) mass is 530 g/mol. The molecular weight excluding hydrogens is 515 g/mol. The summed E-state index contributed by atoms with van der Waals surface area (Å²) >= 11 is 9.76. The van der Waals surface area contributed by atoms with Gasteiger partial charge in [-0.2, -0.15) is 4.99 Å². The molecule has 4 rings (SSSR count). The third kappa shape index (κ3) is 4.22. The number of halogens is 2.